The molecule has 0 spiro atoms. The van der Waals surface area contributed by atoms with E-state index in [1.165, 1.54) is 4.90 Å². The van der Waals surface area contributed by atoms with Gasteiger partial charge in [0, 0.05) is 17.1 Å². The molecule has 30 heavy (non-hydrogen) atoms. The predicted octanol–water partition coefficient (Wildman–Crippen LogP) is 3.94. The number of amides is 1. The minimum absolute atomic E-state index is 0.160. The minimum atomic E-state index is -0.663. The number of methoxy groups -OCH3 is 2. The normalized spacial score (nSPS) is 11.6. The summed E-state index contributed by atoms with van der Waals surface area (Å²) in [5.74, 6) is 2.20. The van der Waals surface area contributed by atoms with Gasteiger partial charge in [-0.15, -0.1) is 10.2 Å². The summed E-state index contributed by atoms with van der Waals surface area (Å²) < 4.78 is 22.9. The van der Waals surface area contributed by atoms with Crippen LogP contribution in [0, 0.1) is 0 Å². The highest BCUT2D eigenvalue weighted by Gasteiger charge is 2.21. The summed E-state index contributed by atoms with van der Waals surface area (Å²) in [6.45, 7) is 1.86. The number of ether oxygens (including phenoxy) is 3. The largest absolute Gasteiger partial charge is 0.493 e. The van der Waals surface area contributed by atoms with Crippen molar-refractivity contribution in [1.82, 2.24) is 15.1 Å². The van der Waals surface area contributed by atoms with Crippen molar-refractivity contribution in [2.24, 2.45) is 0 Å². The number of carbonyl (C=O) groups excluding carboxylic acids is 1. The number of likely N-dealkylation sites (N-methyl/N-ethyl adjacent to an activating group) is 1. The van der Waals surface area contributed by atoms with Crippen LogP contribution in [0.15, 0.2) is 51.4 Å². The van der Waals surface area contributed by atoms with Gasteiger partial charge in [-0.3, -0.25) is 4.79 Å². The number of benzene rings is 2. The van der Waals surface area contributed by atoms with E-state index in [1.54, 1.807) is 58.5 Å². The number of carbonyl (C=O) groups is 1. The summed E-state index contributed by atoms with van der Waals surface area (Å²) >= 11 is 3.37. The lowest BCUT2D eigenvalue weighted by Gasteiger charge is -2.20. The molecular formula is C21H22BrN3O5. The van der Waals surface area contributed by atoms with Crippen molar-refractivity contribution in [1.29, 1.82) is 0 Å². The Hall–Kier alpha value is -3.07. The van der Waals surface area contributed by atoms with Crippen LogP contribution in [0.4, 0.5) is 0 Å². The molecule has 3 rings (SSSR count). The molecule has 0 aliphatic rings. The zero-order chi connectivity index (χ0) is 21.7. The van der Waals surface area contributed by atoms with E-state index in [0.717, 1.165) is 4.47 Å². The summed E-state index contributed by atoms with van der Waals surface area (Å²) in [7, 11) is 4.78. The lowest BCUT2D eigenvalue weighted by molar-refractivity contribution is -0.137. The van der Waals surface area contributed by atoms with Crippen LogP contribution in [0.3, 0.4) is 0 Å². The molecule has 3 aromatic rings. The van der Waals surface area contributed by atoms with Crippen molar-refractivity contribution in [3.05, 3.63) is 52.8 Å². The van der Waals surface area contributed by atoms with E-state index in [1.807, 2.05) is 12.1 Å². The zero-order valence-electron chi connectivity index (χ0n) is 17.1. The summed E-state index contributed by atoms with van der Waals surface area (Å²) in [6, 6.07) is 12.6. The number of hydrogen-bond acceptors (Lipinski definition) is 7. The first-order valence-corrected chi connectivity index (χ1v) is 9.92. The Bertz CT molecular complexity index is 1010. The lowest BCUT2D eigenvalue weighted by atomic mass is 10.2. The fourth-order valence-electron chi connectivity index (χ4n) is 2.76. The molecular weight excluding hydrogens is 454 g/mol. The van der Waals surface area contributed by atoms with E-state index in [0.29, 0.717) is 34.6 Å². The van der Waals surface area contributed by atoms with E-state index < -0.39 is 6.10 Å². The van der Waals surface area contributed by atoms with E-state index in [2.05, 4.69) is 26.1 Å². The van der Waals surface area contributed by atoms with Gasteiger partial charge in [-0.1, -0.05) is 15.9 Å². The molecule has 2 aromatic carbocycles. The molecule has 0 N–H and O–H groups in total. The zero-order valence-corrected chi connectivity index (χ0v) is 18.7. The van der Waals surface area contributed by atoms with Gasteiger partial charge in [0.1, 0.15) is 5.75 Å². The molecule has 1 aromatic heterocycles. The molecule has 9 heteroatoms. The highest BCUT2D eigenvalue weighted by Crippen LogP contribution is 2.31. The first-order chi connectivity index (χ1) is 14.4. The Morgan fingerprint density at radius 3 is 2.47 bits per heavy atom. The molecule has 0 unspecified atom stereocenters. The topological polar surface area (TPSA) is 86.9 Å². The van der Waals surface area contributed by atoms with Gasteiger partial charge in [0.05, 0.1) is 20.8 Å². The number of halogens is 1. The fraction of sp³-hybridized carbons (Fsp3) is 0.286. The average molecular weight is 476 g/mol. The van der Waals surface area contributed by atoms with Crippen molar-refractivity contribution >= 4 is 21.8 Å². The highest BCUT2D eigenvalue weighted by atomic mass is 79.9. The lowest BCUT2D eigenvalue weighted by Crippen LogP contribution is -2.37. The third kappa shape index (κ3) is 5.10. The van der Waals surface area contributed by atoms with Crippen molar-refractivity contribution in [2.75, 3.05) is 21.3 Å². The molecule has 158 valence electrons. The molecule has 0 radical (unpaired) electrons. The monoisotopic (exact) mass is 475 g/mol. The second-order valence-corrected chi connectivity index (χ2v) is 7.39. The first-order valence-electron chi connectivity index (χ1n) is 9.13. The second-order valence-electron chi connectivity index (χ2n) is 6.48. The Labute approximate surface area is 182 Å². The first kappa shape index (κ1) is 21.6. The van der Waals surface area contributed by atoms with Crippen molar-refractivity contribution in [3.8, 4) is 28.7 Å². The van der Waals surface area contributed by atoms with Crippen LogP contribution in [0.5, 0.6) is 17.2 Å². The standard InChI is InChI=1S/C21H22BrN3O5/c1-13(29-16-8-6-15(22)7-9-16)21(26)25(2)12-19-23-24-20(30-19)14-5-10-17(27-3)18(11-14)28-4/h5-11,13H,12H2,1-4H3/t13-/m1/s1. The van der Waals surface area contributed by atoms with Crippen molar-refractivity contribution < 1.29 is 23.4 Å². The summed E-state index contributed by atoms with van der Waals surface area (Å²) in [6.07, 6.45) is -0.663. The van der Waals surface area contributed by atoms with Crippen LogP contribution in [0.25, 0.3) is 11.5 Å². The smallest absolute Gasteiger partial charge is 0.263 e. The number of rotatable bonds is 8. The third-order valence-corrected chi connectivity index (χ3v) is 4.85. The molecule has 1 amide bonds. The van der Waals surface area contributed by atoms with Gasteiger partial charge in [-0.25, -0.2) is 0 Å². The maximum absolute atomic E-state index is 12.6. The van der Waals surface area contributed by atoms with E-state index >= 15 is 0 Å². The van der Waals surface area contributed by atoms with Gasteiger partial charge < -0.3 is 23.5 Å². The molecule has 0 saturated carbocycles. The van der Waals surface area contributed by atoms with E-state index in [4.69, 9.17) is 18.6 Å². The third-order valence-electron chi connectivity index (χ3n) is 4.32. The molecule has 8 nitrogen and oxygen atoms in total. The maximum Gasteiger partial charge on any atom is 0.263 e. The molecule has 1 atom stereocenters. The highest BCUT2D eigenvalue weighted by molar-refractivity contribution is 9.10. The minimum Gasteiger partial charge on any atom is -0.493 e. The van der Waals surface area contributed by atoms with Gasteiger partial charge in [0.15, 0.2) is 17.6 Å². The summed E-state index contributed by atoms with van der Waals surface area (Å²) in [5, 5.41) is 8.10. The average Bonchev–Trinajstić information content (AvgIpc) is 3.22. The molecule has 0 aliphatic carbocycles. The van der Waals surface area contributed by atoms with Gasteiger partial charge in [0.2, 0.25) is 11.8 Å². The predicted molar refractivity (Wildman–Crippen MR) is 114 cm³/mol. The number of nitrogens with zero attached hydrogens (tertiary/aromatic N) is 3. The molecule has 0 aliphatic heterocycles. The van der Waals surface area contributed by atoms with Crippen LogP contribution >= 0.6 is 15.9 Å². The quantitative estimate of drug-likeness (QED) is 0.487. The van der Waals surface area contributed by atoms with Crippen molar-refractivity contribution in [3.63, 3.8) is 0 Å². The van der Waals surface area contributed by atoms with E-state index in [9.17, 15) is 4.79 Å². The SMILES string of the molecule is COc1ccc(-c2nnc(CN(C)C(=O)[C@@H](C)Oc3ccc(Br)cc3)o2)cc1OC. The van der Waals surface area contributed by atoms with Crippen LogP contribution in [0.1, 0.15) is 12.8 Å². The second kappa shape index (κ2) is 9.62. The van der Waals surface area contributed by atoms with Crippen LogP contribution in [-0.4, -0.2) is 48.4 Å². The van der Waals surface area contributed by atoms with Crippen LogP contribution in [-0.2, 0) is 11.3 Å². The fourth-order valence-corrected chi connectivity index (χ4v) is 3.03. The Morgan fingerprint density at radius 1 is 1.10 bits per heavy atom. The molecule has 1 heterocycles. The summed E-state index contributed by atoms with van der Waals surface area (Å²) in [5.41, 5.74) is 0.687. The molecule has 0 saturated heterocycles. The van der Waals surface area contributed by atoms with Crippen LogP contribution in [0.2, 0.25) is 0 Å². The number of hydrogen-bond donors (Lipinski definition) is 0. The van der Waals surface area contributed by atoms with Crippen LogP contribution < -0.4 is 14.2 Å². The van der Waals surface area contributed by atoms with Gasteiger partial charge >= 0.3 is 0 Å². The van der Waals surface area contributed by atoms with Gasteiger partial charge in [-0.05, 0) is 49.4 Å². The molecule has 0 fully saturated rings. The Balaban J connectivity index is 1.64. The number of aromatic nitrogens is 2. The Kier molecular flexibility index (Phi) is 6.94. The van der Waals surface area contributed by atoms with Gasteiger partial charge in [0.25, 0.3) is 5.91 Å². The Morgan fingerprint density at radius 2 is 1.80 bits per heavy atom. The van der Waals surface area contributed by atoms with E-state index in [-0.39, 0.29) is 12.5 Å². The van der Waals surface area contributed by atoms with Gasteiger partial charge in [-0.2, -0.15) is 0 Å². The summed E-state index contributed by atoms with van der Waals surface area (Å²) in [4.78, 5) is 14.1. The van der Waals surface area contributed by atoms with Crippen molar-refractivity contribution in [2.45, 2.75) is 19.6 Å². The maximum atomic E-state index is 12.6. The molecule has 0 bridgehead atoms.